The Balaban J connectivity index is 2.66. The molecule has 0 atom stereocenters. The van der Waals surface area contributed by atoms with Crippen LogP contribution in [0.15, 0.2) is 4.99 Å². The first-order chi connectivity index (χ1) is 10.5. The largest absolute Gasteiger partial charge is 0.396 e. The molecule has 0 radical (unpaired) electrons. The number of anilines is 2. The lowest BCUT2D eigenvalue weighted by atomic mass is 10.2. The highest BCUT2D eigenvalue weighted by Gasteiger charge is 2.16. The molecule has 22 heavy (non-hydrogen) atoms. The molecule has 0 unspecified atom stereocenters. The van der Waals surface area contributed by atoms with Crippen LogP contribution in [-0.2, 0) is 0 Å². The number of rotatable bonds is 8. The third-order valence-electron chi connectivity index (χ3n) is 2.69. The van der Waals surface area contributed by atoms with Gasteiger partial charge < -0.3 is 27.6 Å². The van der Waals surface area contributed by atoms with E-state index in [1.165, 1.54) is 0 Å². The number of hydrogen-bond acceptors (Lipinski definition) is 6. The Bertz CT molecular complexity index is 547. The second-order valence-electron chi connectivity index (χ2n) is 4.50. The van der Waals surface area contributed by atoms with E-state index in [0.717, 1.165) is 25.7 Å². The SMILES string of the molecule is NC(N)=NC(=O)c1nc(Cl)c(NCCCCCCO)nc1N. The number of carbonyl (C=O) groups excluding carboxylic acids is 1. The molecule has 8 N–H and O–H groups in total. The van der Waals surface area contributed by atoms with E-state index in [1.54, 1.807) is 0 Å². The topological polar surface area (TPSA) is 166 Å². The number of carbonyl (C=O) groups is 1. The van der Waals surface area contributed by atoms with Crippen molar-refractivity contribution in [2.45, 2.75) is 25.7 Å². The monoisotopic (exact) mass is 329 g/mol. The van der Waals surface area contributed by atoms with Gasteiger partial charge in [0, 0.05) is 13.2 Å². The zero-order chi connectivity index (χ0) is 16.5. The first-order valence-electron chi connectivity index (χ1n) is 6.77. The van der Waals surface area contributed by atoms with Crippen molar-refractivity contribution in [3.05, 3.63) is 10.8 Å². The molecule has 0 bridgehead atoms. The molecule has 10 heteroatoms. The van der Waals surface area contributed by atoms with Crippen LogP contribution in [0.5, 0.6) is 0 Å². The summed E-state index contributed by atoms with van der Waals surface area (Å²) in [6.45, 7) is 0.826. The van der Waals surface area contributed by atoms with Crippen molar-refractivity contribution < 1.29 is 9.90 Å². The number of nitrogens with zero attached hydrogens (tertiary/aromatic N) is 3. The van der Waals surface area contributed by atoms with Crippen LogP contribution in [0.3, 0.4) is 0 Å². The number of aromatic nitrogens is 2. The first-order valence-corrected chi connectivity index (χ1v) is 7.15. The van der Waals surface area contributed by atoms with Crippen molar-refractivity contribution in [1.82, 2.24) is 9.97 Å². The maximum Gasteiger partial charge on any atom is 0.302 e. The molecule has 9 nitrogen and oxygen atoms in total. The zero-order valence-electron chi connectivity index (χ0n) is 12.0. The lowest BCUT2D eigenvalue weighted by molar-refractivity contribution is 0.0998. The number of guanidine groups is 1. The van der Waals surface area contributed by atoms with Crippen LogP contribution in [0, 0.1) is 0 Å². The van der Waals surface area contributed by atoms with Gasteiger partial charge in [-0.3, -0.25) is 4.79 Å². The van der Waals surface area contributed by atoms with Crippen molar-refractivity contribution in [1.29, 1.82) is 0 Å². The number of unbranched alkanes of at least 4 members (excludes halogenated alkanes) is 3. The fraction of sp³-hybridized carbons (Fsp3) is 0.500. The van der Waals surface area contributed by atoms with Crippen molar-refractivity contribution in [3.63, 3.8) is 0 Å². The fourth-order valence-corrected chi connectivity index (χ4v) is 1.86. The molecule has 1 heterocycles. The van der Waals surface area contributed by atoms with Gasteiger partial charge in [-0.15, -0.1) is 0 Å². The maximum absolute atomic E-state index is 11.7. The first kappa shape index (κ1) is 17.9. The van der Waals surface area contributed by atoms with Gasteiger partial charge in [-0.2, -0.15) is 4.99 Å². The van der Waals surface area contributed by atoms with E-state index < -0.39 is 11.9 Å². The second-order valence-corrected chi connectivity index (χ2v) is 4.86. The number of aliphatic hydroxyl groups is 1. The van der Waals surface area contributed by atoms with Crippen LogP contribution in [0.25, 0.3) is 0 Å². The van der Waals surface area contributed by atoms with Crippen LogP contribution in [0.4, 0.5) is 11.6 Å². The van der Waals surface area contributed by atoms with E-state index >= 15 is 0 Å². The normalized spacial score (nSPS) is 10.3. The number of aliphatic hydroxyl groups excluding tert-OH is 1. The summed E-state index contributed by atoms with van der Waals surface area (Å²) in [5.41, 5.74) is 15.7. The van der Waals surface area contributed by atoms with Gasteiger partial charge in [0.2, 0.25) is 0 Å². The van der Waals surface area contributed by atoms with Crippen LogP contribution in [0.2, 0.25) is 5.15 Å². The van der Waals surface area contributed by atoms with E-state index in [-0.39, 0.29) is 23.3 Å². The van der Waals surface area contributed by atoms with Gasteiger partial charge in [0.1, 0.15) is 0 Å². The molecule has 0 aliphatic rings. The van der Waals surface area contributed by atoms with Crippen molar-refractivity contribution in [3.8, 4) is 0 Å². The number of nitrogen functional groups attached to an aromatic ring is 1. The average molecular weight is 330 g/mol. The number of nitrogens with one attached hydrogen (secondary N) is 1. The molecule has 0 aliphatic carbocycles. The Morgan fingerprint density at radius 2 is 1.91 bits per heavy atom. The Morgan fingerprint density at radius 3 is 2.55 bits per heavy atom. The fourth-order valence-electron chi connectivity index (χ4n) is 1.67. The molecule has 122 valence electrons. The van der Waals surface area contributed by atoms with E-state index in [2.05, 4.69) is 20.3 Å². The highest BCUT2D eigenvalue weighted by molar-refractivity contribution is 6.32. The molecular weight excluding hydrogens is 310 g/mol. The van der Waals surface area contributed by atoms with E-state index in [0.29, 0.717) is 12.4 Å². The standard InChI is InChI=1S/C12H20ClN7O2/c13-8-10(17-5-3-1-2-4-6-21)19-9(14)7(18-8)11(22)20-12(15)16/h21H,1-6H2,(H3,14,17,19)(H4,15,16,20,22). The summed E-state index contributed by atoms with van der Waals surface area (Å²) in [5.74, 6) is -1.01. The summed E-state index contributed by atoms with van der Waals surface area (Å²) in [7, 11) is 0. The van der Waals surface area contributed by atoms with Crippen LogP contribution >= 0.6 is 11.6 Å². The average Bonchev–Trinajstić information content (AvgIpc) is 2.44. The minimum absolute atomic E-state index is 0.0127. The van der Waals surface area contributed by atoms with Gasteiger partial charge >= 0.3 is 5.91 Å². The number of nitrogens with two attached hydrogens (primary N) is 3. The van der Waals surface area contributed by atoms with Gasteiger partial charge in [-0.1, -0.05) is 24.4 Å². The molecule has 1 aromatic heterocycles. The Hall–Kier alpha value is -2.13. The minimum atomic E-state index is -0.803. The van der Waals surface area contributed by atoms with Crippen molar-refractivity contribution in [2.75, 3.05) is 24.2 Å². The molecular formula is C12H20ClN7O2. The Morgan fingerprint density at radius 1 is 1.23 bits per heavy atom. The summed E-state index contributed by atoms with van der Waals surface area (Å²) in [6.07, 6.45) is 3.59. The summed E-state index contributed by atoms with van der Waals surface area (Å²) in [6, 6.07) is 0. The zero-order valence-corrected chi connectivity index (χ0v) is 12.8. The highest BCUT2D eigenvalue weighted by Crippen LogP contribution is 2.21. The molecule has 0 aromatic carbocycles. The van der Waals surface area contributed by atoms with E-state index in [4.69, 9.17) is 33.9 Å². The highest BCUT2D eigenvalue weighted by atomic mass is 35.5. The summed E-state index contributed by atoms with van der Waals surface area (Å²) in [5, 5.41) is 11.7. The molecule has 1 rings (SSSR count). The third-order valence-corrected chi connectivity index (χ3v) is 2.95. The molecule has 0 saturated carbocycles. The van der Waals surface area contributed by atoms with Gasteiger partial charge in [-0.05, 0) is 12.8 Å². The second kappa shape index (κ2) is 9.00. The number of amides is 1. The lowest BCUT2D eigenvalue weighted by Crippen LogP contribution is -2.25. The van der Waals surface area contributed by atoms with E-state index in [1.807, 2.05) is 0 Å². The Labute approximate surface area is 133 Å². The molecule has 1 amide bonds. The van der Waals surface area contributed by atoms with Crippen molar-refractivity contribution >= 4 is 35.1 Å². The van der Waals surface area contributed by atoms with Gasteiger partial charge in [-0.25, -0.2) is 9.97 Å². The van der Waals surface area contributed by atoms with Crippen LogP contribution < -0.4 is 22.5 Å². The summed E-state index contributed by atoms with van der Waals surface area (Å²) in [4.78, 5) is 22.9. The minimum Gasteiger partial charge on any atom is -0.396 e. The predicted octanol–water partition coefficient (Wildman–Crippen LogP) is 0.0904. The van der Waals surface area contributed by atoms with Gasteiger partial charge in [0.15, 0.2) is 28.4 Å². The van der Waals surface area contributed by atoms with Crippen LogP contribution in [-0.4, -0.2) is 40.1 Å². The maximum atomic E-state index is 11.7. The van der Waals surface area contributed by atoms with Crippen LogP contribution in [0.1, 0.15) is 36.2 Å². The summed E-state index contributed by atoms with van der Waals surface area (Å²) >= 11 is 5.96. The molecule has 0 fully saturated rings. The molecule has 0 aliphatic heterocycles. The third kappa shape index (κ3) is 5.70. The van der Waals surface area contributed by atoms with Gasteiger partial charge in [0.05, 0.1) is 0 Å². The quantitative estimate of drug-likeness (QED) is 0.254. The predicted molar refractivity (Wildman–Crippen MR) is 85.6 cm³/mol. The smallest absolute Gasteiger partial charge is 0.302 e. The van der Waals surface area contributed by atoms with E-state index in [9.17, 15) is 4.79 Å². The van der Waals surface area contributed by atoms with Crippen molar-refractivity contribution in [2.24, 2.45) is 16.5 Å². The Kier molecular flexibility index (Phi) is 7.33. The lowest BCUT2D eigenvalue weighted by Gasteiger charge is -2.09. The number of aliphatic imine (C=N–C) groups is 1. The number of halogens is 1. The molecule has 0 saturated heterocycles. The number of hydrogen-bond donors (Lipinski definition) is 5. The molecule has 1 aromatic rings. The summed E-state index contributed by atoms with van der Waals surface area (Å²) < 4.78 is 0. The molecule has 0 spiro atoms. The van der Waals surface area contributed by atoms with Gasteiger partial charge in [0.25, 0.3) is 0 Å².